The van der Waals surface area contributed by atoms with Gasteiger partial charge in [-0.1, -0.05) is 77.9 Å². The monoisotopic (exact) mass is 262 g/mol. The molecule has 108 valence electrons. The van der Waals surface area contributed by atoms with E-state index in [-0.39, 0.29) is 6.10 Å². The standard InChI is InChI=1S/C12H12O.3C2H6/c1-9(13)11-7-6-10-4-2-3-5-12(10)8-11;3*1-2/h2-9,13H,1H3;3*1-2H3. The van der Waals surface area contributed by atoms with Crippen LogP contribution in [0.3, 0.4) is 0 Å². The highest BCUT2D eigenvalue weighted by Gasteiger charge is 2.00. The molecule has 0 aliphatic heterocycles. The summed E-state index contributed by atoms with van der Waals surface area (Å²) < 4.78 is 0. The minimum Gasteiger partial charge on any atom is -0.389 e. The van der Waals surface area contributed by atoms with E-state index < -0.39 is 0 Å². The van der Waals surface area contributed by atoms with Gasteiger partial charge in [0.1, 0.15) is 0 Å². The van der Waals surface area contributed by atoms with E-state index in [0.717, 1.165) is 5.56 Å². The van der Waals surface area contributed by atoms with Gasteiger partial charge < -0.3 is 5.11 Å². The molecule has 0 fully saturated rings. The number of rotatable bonds is 1. The van der Waals surface area contributed by atoms with Crippen molar-refractivity contribution in [2.75, 3.05) is 0 Å². The Bertz CT molecular complexity index is 419. The third-order valence-corrected chi connectivity index (χ3v) is 2.26. The predicted octanol–water partition coefficient (Wildman–Crippen LogP) is 5.97. The molecule has 0 radical (unpaired) electrons. The summed E-state index contributed by atoms with van der Waals surface area (Å²) in [5, 5.41) is 11.8. The highest BCUT2D eigenvalue weighted by Crippen LogP contribution is 2.19. The summed E-state index contributed by atoms with van der Waals surface area (Å²) in [6.45, 7) is 13.8. The molecule has 0 aliphatic carbocycles. The van der Waals surface area contributed by atoms with Crippen LogP contribution in [-0.4, -0.2) is 5.11 Å². The summed E-state index contributed by atoms with van der Waals surface area (Å²) in [5.74, 6) is 0. The number of hydrogen-bond acceptors (Lipinski definition) is 1. The lowest BCUT2D eigenvalue weighted by Crippen LogP contribution is -1.89. The van der Waals surface area contributed by atoms with Gasteiger partial charge in [-0.25, -0.2) is 0 Å². The Morgan fingerprint density at radius 3 is 1.68 bits per heavy atom. The fourth-order valence-electron chi connectivity index (χ4n) is 1.47. The predicted molar refractivity (Wildman–Crippen MR) is 88.6 cm³/mol. The largest absolute Gasteiger partial charge is 0.389 e. The molecule has 0 heterocycles. The van der Waals surface area contributed by atoms with Crippen LogP contribution in [0.5, 0.6) is 0 Å². The van der Waals surface area contributed by atoms with Gasteiger partial charge in [-0.3, -0.25) is 0 Å². The molecule has 1 nitrogen and oxygen atoms in total. The molecule has 19 heavy (non-hydrogen) atoms. The summed E-state index contributed by atoms with van der Waals surface area (Å²) in [6, 6.07) is 14.2. The Labute approximate surface area is 119 Å². The fourth-order valence-corrected chi connectivity index (χ4v) is 1.47. The van der Waals surface area contributed by atoms with E-state index in [1.807, 2.05) is 71.9 Å². The van der Waals surface area contributed by atoms with E-state index in [1.54, 1.807) is 6.92 Å². The summed E-state index contributed by atoms with van der Waals surface area (Å²) in [6.07, 6.45) is -0.385. The summed E-state index contributed by atoms with van der Waals surface area (Å²) in [7, 11) is 0. The van der Waals surface area contributed by atoms with E-state index in [2.05, 4.69) is 12.1 Å². The van der Waals surface area contributed by atoms with Gasteiger partial charge >= 0.3 is 0 Å². The first-order valence-electron chi connectivity index (χ1n) is 7.44. The Morgan fingerprint density at radius 2 is 1.21 bits per heavy atom. The smallest absolute Gasteiger partial charge is 0.0762 e. The molecule has 0 aromatic heterocycles. The van der Waals surface area contributed by atoms with Crippen molar-refractivity contribution in [1.29, 1.82) is 0 Å². The molecule has 0 saturated carbocycles. The molecular weight excluding hydrogens is 232 g/mol. The minimum absolute atomic E-state index is 0.385. The molecular formula is C18H30O. The van der Waals surface area contributed by atoms with Gasteiger partial charge in [-0.05, 0) is 29.3 Å². The second-order valence-corrected chi connectivity index (χ2v) is 3.28. The Morgan fingerprint density at radius 1 is 0.737 bits per heavy atom. The molecule has 1 atom stereocenters. The first kappa shape index (κ1) is 20.0. The fraction of sp³-hybridized carbons (Fsp3) is 0.444. The maximum atomic E-state index is 9.38. The number of fused-ring (bicyclic) bond motifs is 1. The lowest BCUT2D eigenvalue weighted by atomic mass is 10.0. The maximum absolute atomic E-state index is 9.38. The van der Waals surface area contributed by atoms with Crippen molar-refractivity contribution in [2.45, 2.75) is 54.6 Å². The molecule has 2 aromatic carbocycles. The van der Waals surface area contributed by atoms with Crippen molar-refractivity contribution in [3.63, 3.8) is 0 Å². The Balaban J connectivity index is 0. The molecule has 0 saturated heterocycles. The lowest BCUT2D eigenvalue weighted by Gasteiger charge is -2.05. The van der Waals surface area contributed by atoms with Gasteiger partial charge in [-0.15, -0.1) is 0 Å². The number of benzene rings is 2. The Kier molecular flexibility index (Phi) is 13.8. The average Bonchev–Trinajstić information content (AvgIpc) is 2.52. The van der Waals surface area contributed by atoms with Gasteiger partial charge in [0.05, 0.1) is 6.10 Å². The SMILES string of the molecule is CC.CC.CC.CC(O)c1ccc2ccccc2c1. The average molecular weight is 262 g/mol. The molecule has 0 spiro atoms. The van der Waals surface area contributed by atoms with Gasteiger partial charge in [-0.2, -0.15) is 0 Å². The van der Waals surface area contributed by atoms with E-state index in [9.17, 15) is 5.11 Å². The zero-order chi connectivity index (χ0) is 15.3. The molecule has 1 heteroatoms. The van der Waals surface area contributed by atoms with Crippen molar-refractivity contribution in [1.82, 2.24) is 0 Å². The number of hydrogen-bond donors (Lipinski definition) is 1. The summed E-state index contributed by atoms with van der Waals surface area (Å²) in [5.41, 5.74) is 0.971. The number of aliphatic hydroxyl groups excluding tert-OH is 1. The van der Waals surface area contributed by atoms with Crippen LogP contribution < -0.4 is 0 Å². The normalized spacial score (nSPS) is 9.89. The highest BCUT2D eigenvalue weighted by molar-refractivity contribution is 5.83. The zero-order valence-corrected chi connectivity index (χ0v) is 13.6. The second kappa shape index (κ2) is 13.1. The molecule has 0 bridgehead atoms. The van der Waals surface area contributed by atoms with Crippen LogP contribution in [0.15, 0.2) is 42.5 Å². The van der Waals surface area contributed by atoms with E-state index in [0.29, 0.717) is 0 Å². The van der Waals surface area contributed by atoms with Crippen LogP contribution in [0.25, 0.3) is 10.8 Å². The first-order chi connectivity index (χ1) is 9.27. The van der Waals surface area contributed by atoms with Crippen LogP contribution in [0, 0.1) is 0 Å². The minimum atomic E-state index is -0.385. The molecule has 2 rings (SSSR count). The molecule has 1 N–H and O–H groups in total. The molecule has 0 aliphatic rings. The van der Waals surface area contributed by atoms with E-state index in [4.69, 9.17) is 0 Å². The van der Waals surface area contributed by atoms with Crippen LogP contribution in [-0.2, 0) is 0 Å². The Hall–Kier alpha value is -1.34. The first-order valence-corrected chi connectivity index (χ1v) is 7.44. The van der Waals surface area contributed by atoms with Crippen molar-refractivity contribution in [3.05, 3.63) is 48.0 Å². The molecule has 1 unspecified atom stereocenters. The highest BCUT2D eigenvalue weighted by atomic mass is 16.3. The third kappa shape index (κ3) is 6.97. The van der Waals surface area contributed by atoms with Gasteiger partial charge in [0.15, 0.2) is 0 Å². The third-order valence-electron chi connectivity index (χ3n) is 2.26. The maximum Gasteiger partial charge on any atom is 0.0762 e. The van der Waals surface area contributed by atoms with Crippen LogP contribution in [0.2, 0.25) is 0 Å². The van der Waals surface area contributed by atoms with Gasteiger partial charge in [0, 0.05) is 0 Å². The quantitative estimate of drug-likeness (QED) is 0.671. The lowest BCUT2D eigenvalue weighted by molar-refractivity contribution is 0.199. The van der Waals surface area contributed by atoms with Crippen LogP contribution in [0.4, 0.5) is 0 Å². The summed E-state index contributed by atoms with van der Waals surface area (Å²) >= 11 is 0. The van der Waals surface area contributed by atoms with Crippen molar-refractivity contribution in [3.8, 4) is 0 Å². The number of aliphatic hydroxyl groups is 1. The van der Waals surface area contributed by atoms with Crippen molar-refractivity contribution >= 4 is 10.8 Å². The van der Waals surface area contributed by atoms with Crippen LogP contribution >= 0.6 is 0 Å². The second-order valence-electron chi connectivity index (χ2n) is 3.28. The molecule has 2 aromatic rings. The van der Waals surface area contributed by atoms with Gasteiger partial charge in [0.2, 0.25) is 0 Å². The molecule has 0 amide bonds. The van der Waals surface area contributed by atoms with Crippen LogP contribution in [0.1, 0.15) is 60.1 Å². The van der Waals surface area contributed by atoms with Crippen molar-refractivity contribution < 1.29 is 5.11 Å². The summed E-state index contributed by atoms with van der Waals surface area (Å²) in [4.78, 5) is 0. The van der Waals surface area contributed by atoms with Crippen molar-refractivity contribution in [2.24, 2.45) is 0 Å². The van der Waals surface area contributed by atoms with E-state index in [1.165, 1.54) is 10.8 Å². The van der Waals surface area contributed by atoms with E-state index >= 15 is 0 Å². The van der Waals surface area contributed by atoms with Gasteiger partial charge in [0.25, 0.3) is 0 Å². The topological polar surface area (TPSA) is 20.2 Å². The zero-order valence-electron chi connectivity index (χ0n) is 13.6.